The molecule has 0 heterocycles. The van der Waals surface area contributed by atoms with Crippen LogP contribution in [0, 0.1) is 0 Å². The Morgan fingerprint density at radius 3 is 2.13 bits per heavy atom. The molecule has 1 amide bonds. The first kappa shape index (κ1) is 23.2. The van der Waals surface area contributed by atoms with Crippen molar-refractivity contribution < 1.29 is 14.3 Å². The molecule has 0 fully saturated rings. The lowest BCUT2D eigenvalue weighted by Gasteiger charge is -2.16. The van der Waals surface area contributed by atoms with Gasteiger partial charge in [-0.05, 0) is 89.3 Å². The number of anilines is 3. The first-order chi connectivity index (χ1) is 18.5. The number of hydrogen-bond acceptors (Lipinski definition) is 5. The molecule has 5 aromatic carbocycles. The molecule has 0 saturated carbocycles. The van der Waals surface area contributed by atoms with E-state index in [4.69, 9.17) is 20.9 Å². The summed E-state index contributed by atoms with van der Waals surface area (Å²) in [7, 11) is 0. The normalized spacial score (nSPS) is 11.4. The third-order valence-corrected chi connectivity index (χ3v) is 6.46. The van der Waals surface area contributed by atoms with Gasteiger partial charge in [-0.25, -0.2) is 0 Å². The highest BCUT2D eigenvalue weighted by molar-refractivity contribution is 6.08. The number of nitrogen functional groups attached to an aromatic ring is 2. The molecule has 1 aliphatic rings. The molecular formula is C32H25N3O3. The predicted octanol–water partition coefficient (Wildman–Crippen LogP) is 7.26. The van der Waals surface area contributed by atoms with Crippen molar-refractivity contribution in [2.45, 2.75) is 6.42 Å². The molecular weight excluding hydrogens is 474 g/mol. The number of carbonyl (C=O) groups excluding carboxylic acids is 1. The van der Waals surface area contributed by atoms with Crippen LogP contribution in [0.15, 0.2) is 109 Å². The van der Waals surface area contributed by atoms with Gasteiger partial charge < -0.3 is 26.3 Å². The van der Waals surface area contributed by atoms with E-state index in [0.717, 1.165) is 6.42 Å². The Hall–Kier alpha value is -5.23. The van der Waals surface area contributed by atoms with Crippen LogP contribution in [-0.4, -0.2) is 5.91 Å². The number of fused-ring (bicyclic) bond motifs is 3. The standard InChI is InChI=1S/C32H25N3O3/c33-22-11-14-25(15-12-22)37-29-9-4-10-30(38-26-7-3-6-23(34)19-26)31(29)32(36)35-24-13-16-28-21(18-24)17-20-5-1-2-8-27(20)28/h1-16,18-19H,17,33-34H2,(H,35,36). The zero-order chi connectivity index (χ0) is 26.1. The molecule has 1 aliphatic carbocycles. The summed E-state index contributed by atoms with van der Waals surface area (Å²) in [4.78, 5) is 13.8. The predicted molar refractivity (Wildman–Crippen MR) is 151 cm³/mol. The van der Waals surface area contributed by atoms with Gasteiger partial charge in [-0.2, -0.15) is 0 Å². The summed E-state index contributed by atoms with van der Waals surface area (Å²) in [5, 5.41) is 3.04. The number of carbonyl (C=O) groups is 1. The van der Waals surface area contributed by atoms with Crippen LogP contribution in [0.4, 0.5) is 17.1 Å². The van der Waals surface area contributed by atoms with Crippen LogP contribution in [0.3, 0.4) is 0 Å². The van der Waals surface area contributed by atoms with Crippen molar-refractivity contribution in [1.29, 1.82) is 0 Å². The molecule has 38 heavy (non-hydrogen) atoms. The van der Waals surface area contributed by atoms with Gasteiger partial charge in [0.25, 0.3) is 5.91 Å². The zero-order valence-corrected chi connectivity index (χ0v) is 20.5. The number of nitrogens with one attached hydrogen (secondary N) is 1. The van der Waals surface area contributed by atoms with Gasteiger partial charge in [0.05, 0.1) is 0 Å². The average Bonchev–Trinajstić information content (AvgIpc) is 3.28. The van der Waals surface area contributed by atoms with Crippen LogP contribution in [0.5, 0.6) is 23.0 Å². The molecule has 5 N–H and O–H groups in total. The topological polar surface area (TPSA) is 99.6 Å². The molecule has 0 aliphatic heterocycles. The molecule has 0 saturated heterocycles. The molecule has 0 unspecified atom stereocenters. The first-order valence-corrected chi connectivity index (χ1v) is 12.3. The Morgan fingerprint density at radius 1 is 0.632 bits per heavy atom. The Kier molecular flexibility index (Phi) is 5.90. The van der Waals surface area contributed by atoms with Crippen molar-refractivity contribution in [2.75, 3.05) is 16.8 Å². The fraction of sp³-hybridized carbons (Fsp3) is 0.0312. The van der Waals surface area contributed by atoms with E-state index in [0.29, 0.717) is 40.1 Å². The molecule has 6 nitrogen and oxygen atoms in total. The number of amides is 1. The molecule has 0 aromatic heterocycles. The second kappa shape index (κ2) is 9.67. The molecule has 186 valence electrons. The maximum atomic E-state index is 13.8. The lowest BCUT2D eigenvalue weighted by Crippen LogP contribution is -2.14. The monoisotopic (exact) mass is 499 g/mol. The molecule has 0 atom stereocenters. The summed E-state index contributed by atoms with van der Waals surface area (Å²) >= 11 is 0. The molecule has 0 spiro atoms. The van der Waals surface area contributed by atoms with E-state index in [1.807, 2.05) is 24.3 Å². The number of ether oxygens (including phenoxy) is 2. The van der Waals surface area contributed by atoms with Gasteiger partial charge in [0.1, 0.15) is 28.6 Å². The fourth-order valence-corrected chi connectivity index (χ4v) is 4.69. The summed E-state index contributed by atoms with van der Waals surface area (Å²) in [5.41, 5.74) is 18.8. The summed E-state index contributed by atoms with van der Waals surface area (Å²) in [6, 6.07) is 33.6. The zero-order valence-electron chi connectivity index (χ0n) is 20.5. The second-order valence-corrected chi connectivity index (χ2v) is 9.13. The smallest absolute Gasteiger partial charge is 0.263 e. The quantitative estimate of drug-likeness (QED) is 0.209. The van der Waals surface area contributed by atoms with Crippen molar-refractivity contribution >= 4 is 23.0 Å². The Balaban J connectivity index is 1.34. The van der Waals surface area contributed by atoms with Crippen LogP contribution >= 0.6 is 0 Å². The minimum Gasteiger partial charge on any atom is -0.456 e. The third kappa shape index (κ3) is 4.63. The van der Waals surface area contributed by atoms with Gasteiger partial charge in [0.15, 0.2) is 0 Å². The van der Waals surface area contributed by atoms with Gasteiger partial charge in [0, 0.05) is 23.1 Å². The average molecular weight is 500 g/mol. The lowest BCUT2D eigenvalue weighted by atomic mass is 10.1. The summed E-state index contributed by atoms with van der Waals surface area (Å²) in [6.45, 7) is 0. The number of nitrogens with two attached hydrogens (primary N) is 2. The van der Waals surface area contributed by atoms with Gasteiger partial charge in [-0.1, -0.05) is 42.5 Å². The van der Waals surface area contributed by atoms with E-state index in [9.17, 15) is 4.79 Å². The van der Waals surface area contributed by atoms with Crippen molar-refractivity contribution in [2.24, 2.45) is 0 Å². The maximum Gasteiger partial charge on any atom is 0.263 e. The van der Waals surface area contributed by atoms with Crippen molar-refractivity contribution in [3.05, 3.63) is 126 Å². The summed E-state index contributed by atoms with van der Waals surface area (Å²) in [6.07, 6.45) is 0.829. The number of rotatable bonds is 6. The van der Waals surface area contributed by atoms with E-state index in [-0.39, 0.29) is 11.5 Å². The van der Waals surface area contributed by atoms with E-state index in [1.54, 1.807) is 66.7 Å². The highest BCUT2D eigenvalue weighted by Gasteiger charge is 2.22. The van der Waals surface area contributed by atoms with Crippen LogP contribution in [0.1, 0.15) is 21.5 Å². The highest BCUT2D eigenvalue weighted by Crippen LogP contribution is 2.39. The van der Waals surface area contributed by atoms with Crippen LogP contribution in [0.25, 0.3) is 11.1 Å². The largest absolute Gasteiger partial charge is 0.456 e. The molecule has 6 heteroatoms. The van der Waals surface area contributed by atoms with Gasteiger partial charge in [-0.15, -0.1) is 0 Å². The number of hydrogen-bond donors (Lipinski definition) is 3. The number of benzene rings is 5. The van der Waals surface area contributed by atoms with Gasteiger partial charge in [0.2, 0.25) is 0 Å². The van der Waals surface area contributed by atoms with E-state index in [1.165, 1.54) is 22.3 Å². The summed E-state index contributed by atoms with van der Waals surface area (Å²) in [5.74, 6) is 1.39. The van der Waals surface area contributed by atoms with Gasteiger partial charge in [-0.3, -0.25) is 4.79 Å². The molecule has 0 radical (unpaired) electrons. The minimum absolute atomic E-state index is 0.260. The van der Waals surface area contributed by atoms with Crippen molar-refractivity contribution in [3.8, 4) is 34.1 Å². The molecule has 6 rings (SSSR count). The SMILES string of the molecule is Nc1ccc(Oc2cccc(Oc3cccc(N)c3)c2C(=O)Nc2ccc3c(c2)Cc2ccccc2-3)cc1. The van der Waals surface area contributed by atoms with E-state index in [2.05, 4.69) is 23.5 Å². The van der Waals surface area contributed by atoms with Gasteiger partial charge >= 0.3 is 0 Å². The first-order valence-electron chi connectivity index (χ1n) is 12.3. The third-order valence-electron chi connectivity index (χ3n) is 6.46. The second-order valence-electron chi connectivity index (χ2n) is 9.13. The highest BCUT2D eigenvalue weighted by atomic mass is 16.5. The van der Waals surface area contributed by atoms with Crippen molar-refractivity contribution in [1.82, 2.24) is 0 Å². The molecule has 0 bridgehead atoms. The fourth-order valence-electron chi connectivity index (χ4n) is 4.69. The van der Waals surface area contributed by atoms with Crippen LogP contribution in [0.2, 0.25) is 0 Å². The van der Waals surface area contributed by atoms with E-state index >= 15 is 0 Å². The maximum absolute atomic E-state index is 13.8. The Labute approximate surface area is 220 Å². The molecule has 5 aromatic rings. The Bertz CT molecular complexity index is 1660. The van der Waals surface area contributed by atoms with E-state index < -0.39 is 0 Å². The summed E-state index contributed by atoms with van der Waals surface area (Å²) < 4.78 is 12.2. The Morgan fingerprint density at radius 2 is 1.34 bits per heavy atom. The van der Waals surface area contributed by atoms with Crippen LogP contribution < -0.4 is 26.3 Å². The van der Waals surface area contributed by atoms with Crippen molar-refractivity contribution in [3.63, 3.8) is 0 Å². The van der Waals surface area contributed by atoms with Crippen LogP contribution in [-0.2, 0) is 6.42 Å². The lowest BCUT2D eigenvalue weighted by molar-refractivity contribution is 0.102. The minimum atomic E-state index is -0.356.